The van der Waals surface area contributed by atoms with Crippen molar-refractivity contribution in [3.8, 4) is 0 Å². The highest BCUT2D eigenvalue weighted by Crippen LogP contribution is 2.44. The van der Waals surface area contributed by atoms with Gasteiger partial charge in [-0.25, -0.2) is 15.0 Å². The number of imidazole rings is 1. The standard InChI is InChI=1S/C22H34N6O3/c1-5-6-7-13-8-14(9-13)27(4)10-15-17-18(31-22(2,3)30-17)21(29-15)28-12-26-16-19(23)24-11-25-20(16)28/h11-15,17-18,21H,5-10H2,1-4H3,(H2,23,24,25)/t13?,14?,15-,17-,18-,21-/m1/s1. The fraction of sp³-hybridized carbons (Fsp3) is 0.773. The van der Waals surface area contributed by atoms with Gasteiger partial charge in [0, 0.05) is 12.6 Å². The van der Waals surface area contributed by atoms with E-state index in [2.05, 4.69) is 33.8 Å². The van der Waals surface area contributed by atoms with Gasteiger partial charge >= 0.3 is 0 Å². The molecular weight excluding hydrogens is 396 g/mol. The third-order valence-corrected chi connectivity index (χ3v) is 7.05. The topological polar surface area (TPSA) is 101 Å². The quantitative estimate of drug-likeness (QED) is 0.716. The Morgan fingerprint density at radius 3 is 2.74 bits per heavy atom. The number of aromatic nitrogens is 4. The van der Waals surface area contributed by atoms with Crippen molar-refractivity contribution in [3.05, 3.63) is 12.7 Å². The third-order valence-electron chi connectivity index (χ3n) is 7.05. The molecule has 9 nitrogen and oxygen atoms in total. The lowest BCUT2D eigenvalue weighted by molar-refractivity contribution is -0.198. The van der Waals surface area contributed by atoms with Gasteiger partial charge in [0.25, 0.3) is 0 Å². The largest absolute Gasteiger partial charge is 0.382 e. The summed E-state index contributed by atoms with van der Waals surface area (Å²) in [4.78, 5) is 15.3. The number of unbranched alkanes of at least 4 members (excludes halogenated alkanes) is 1. The summed E-state index contributed by atoms with van der Waals surface area (Å²) >= 11 is 0. The van der Waals surface area contributed by atoms with Crippen LogP contribution in [-0.2, 0) is 14.2 Å². The molecule has 0 amide bonds. The number of fused-ring (bicyclic) bond motifs is 2. The van der Waals surface area contributed by atoms with E-state index in [0.717, 1.165) is 12.5 Å². The van der Waals surface area contributed by atoms with Gasteiger partial charge in [-0.05, 0) is 39.7 Å². The molecule has 0 radical (unpaired) electrons. The highest BCUT2D eigenvalue weighted by Gasteiger charge is 2.56. The van der Waals surface area contributed by atoms with E-state index < -0.39 is 5.79 Å². The van der Waals surface area contributed by atoms with E-state index in [0.29, 0.717) is 23.0 Å². The number of nitrogens with zero attached hydrogens (tertiary/aromatic N) is 5. The highest BCUT2D eigenvalue weighted by atomic mass is 16.8. The zero-order chi connectivity index (χ0) is 21.8. The maximum atomic E-state index is 6.53. The van der Waals surface area contributed by atoms with Gasteiger partial charge in [0.2, 0.25) is 0 Å². The van der Waals surface area contributed by atoms with Gasteiger partial charge in [-0.15, -0.1) is 0 Å². The van der Waals surface area contributed by atoms with Crippen molar-refractivity contribution < 1.29 is 14.2 Å². The molecule has 9 heteroatoms. The van der Waals surface area contributed by atoms with E-state index in [-0.39, 0.29) is 24.5 Å². The van der Waals surface area contributed by atoms with Crippen LogP contribution in [0.15, 0.2) is 12.7 Å². The lowest BCUT2D eigenvalue weighted by atomic mass is 9.76. The second kappa shape index (κ2) is 7.95. The van der Waals surface area contributed by atoms with E-state index in [1.54, 1.807) is 6.33 Å². The predicted molar refractivity (Wildman–Crippen MR) is 116 cm³/mol. The minimum absolute atomic E-state index is 0.0897. The lowest BCUT2D eigenvalue weighted by Gasteiger charge is -2.42. The Morgan fingerprint density at radius 2 is 1.97 bits per heavy atom. The molecule has 0 bridgehead atoms. The second-order valence-electron chi connectivity index (χ2n) is 9.79. The molecule has 0 unspecified atom stereocenters. The van der Waals surface area contributed by atoms with E-state index in [4.69, 9.17) is 19.9 Å². The molecule has 4 atom stereocenters. The molecule has 2 N–H and O–H groups in total. The number of hydrogen-bond donors (Lipinski definition) is 1. The van der Waals surface area contributed by atoms with E-state index >= 15 is 0 Å². The molecule has 2 aromatic rings. The first-order chi connectivity index (χ1) is 14.9. The first kappa shape index (κ1) is 21.1. The van der Waals surface area contributed by atoms with Crippen LogP contribution < -0.4 is 5.73 Å². The summed E-state index contributed by atoms with van der Waals surface area (Å²) in [5.74, 6) is 0.589. The van der Waals surface area contributed by atoms with E-state index in [1.807, 2.05) is 18.4 Å². The van der Waals surface area contributed by atoms with Gasteiger partial charge in [0.15, 0.2) is 23.5 Å². The van der Waals surface area contributed by atoms with Crippen molar-refractivity contribution >= 4 is 17.0 Å². The second-order valence-corrected chi connectivity index (χ2v) is 9.79. The van der Waals surface area contributed by atoms with Crippen LogP contribution in [0.4, 0.5) is 5.82 Å². The maximum absolute atomic E-state index is 6.53. The van der Waals surface area contributed by atoms with Gasteiger partial charge in [0.05, 0.1) is 6.33 Å². The summed E-state index contributed by atoms with van der Waals surface area (Å²) in [6, 6.07) is 0.625. The van der Waals surface area contributed by atoms with Crippen LogP contribution in [-0.4, -0.2) is 68.2 Å². The SMILES string of the molecule is CCCCC1CC(N(C)C[C@H]2O[C@@H](n3cnc4c(N)ncnc43)[C@@H]3OC(C)(C)O[C@@H]32)C1. The molecule has 2 saturated heterocycles. The van der Waals surface area contributed by atoms with Gasteiger partial charge in [-0.3, -0.25) is 4.57 Å². The van der Waals surface area contributed by atoms with Crippen molar-refractivity contribution in [2.24, 2.45) is 5.92 Å². The minimum Gasteiger partial charge on any atom is -0.382 e. The lowest BCUT2D eigenvalue weighted by Crippen LogP contribution is -2.47. The summed E-state index contributed by atoms with van der Waals surface area (Å²) in [6.45, 7) is 6.99. The molecule has 2 aromatic heterocycles. The Kier molecular flexibility index (Phi) is 5.40. The van der Waals surface area contributed by atoms with Crippen molar-refractivity contribution in [3.63, 3.8) is 0 Å². The van der Waals surface area contributed by atoms with Crippen LogP contribution in [0.25, 0.3) is 11.2 Å². The summed E-state index contributed by atoms with van der Waals surface area (Å²) in [7, 11) is 2.20. The Bertz CT molecular complexity index is 927. The molecule has 3 aliphatic rings. The fourth-order valence-electron chi connectivity index (χ4n) is 5.31. The Labute approximate surface area is 183 Å². The number of ether oxygens (including phenoxy) is 3. The normalized spacial score (nSPS) is 34.4. The zero-order valence-corrected chi connectivity index (χ0v) is 18.9. The highest BCUT2D eigenvalue weighted by molar-refractivity contribution is 5.81. The number of nitrogen functional groups attached to an aromatic ring is 1. The Morgan fingerprint density at radius 1 is 1.19 bits per heavy atom. The molecular formula is C22H34N6O3. The number of anilines is 1. The van der Waals surface area contributed by atoms with Crippen molar-refractivity contribution in [2.75, 3.05) is 19.3 Å². The molecule has 1 saturated carbocycles. The molecule has 170 valence electrons. The molecule has 5 rings (SSSR count). The minimum atomic E-state index is -0.652. The summed E-state index contributed by atoms with van der Waals surface area (Å²) in [6.07, 6.45) is 8.87. The molecule has 4 heterocycles. The molecule has 0 spiro atoms. The fourth-order valence-corrected chi connectivity index (χ4v) is 5.31. The Hall–Kier alpha value is -1.81. The van der Waals surface area contributed by atoms with Crippen LogP contribution in [0.5, 0.6) is 0 Å². The number of nitrogens with two attached hydrogens (primary N) is 1. The summed E-state index contributed by atoms with van der Waals surface area (Å²) in [5.41, 5.74) is 7.20. The molecule has 3 fully saturated rings. The number of likely N-dealkylation sites (N-methyl/N-ethyl adjacent to an activating group) is 1. The first-order valence-electron chi connectivity index (χ1n) is 11.5. The van der Waals surface area contributed by atoms with Gasteiger partial charge in [0.1, 0.15) is 30.2 Å². The van der Waals surface area contributed by atoms with Gasteiger partial charge < -0.3 is 24.8 Å². The van der Waals surface area contributed by atoms with Crippen LogP contribution in [0.3, 0.4) is 0 Å². The number of rotatable bonds is 7. The maximum Gasteiger partial charge on any atom is 0.167 e. The van der Waals surface area contributed by atoms with Crippen LogP contribution >= 0.6 is 0 Å². The first-order valence-corrected chi connectivity index (χ1v) is 11.5. The Balaban J connectivity index is 1.32. The zero-order valence-electron chi connectivity index (χ0n) is 18.9. The smallest absolute Gasteiger partial charge is 0.167 e. The average molecular weight is 431 g/mol. The molecule has 2 aliphatic heterocycles. The summed E-state index contributed by atoms with van der Waals surface area (Å²) < 4.78 is 21.0. The van der Waals surface area contributed by atoms with E-state index in [9.17, 15) is 0 Å². The number of hydrogen-bond acceptors (Lipinski definition) is 8. The monoisotopic (exact) mass is 430 g/mol. The van der Waals surface area contributed by atoms with Gasteiger partial charge in [-0.1, -0.05) is 26.2 Å². The van der Waals surface area contributed by atoms with Crippen molar-refractivity contribution in [2.45, 2.75) is 89.2 Å². The molecule has 31 heavy (non-hydrogen) atoms. The predicted octanol–water partition coefficient (Wildman–Crippen LogP) is 2.73. The van der Waals surface area contributed by atoms with E-state index in [1.165, 1.54) is 38.4 Å². The van der Waals surface area contributed by atoms with Crippen molar-refractivity contribution in [1.29, 1.82) is 0 Å². The summed E-state index contributed by atoms with van der Waals surface area (Å²) in [5, 5.41) is 0. The van der Waals surface area contributed by atoms with Crippen molar-refractivity contribution in [1.82, 2.24) is 24.4 Å². The van der Waals surface area contributed by atoms with Crippen LogP contribution in [0.2, 0.25) is 0 Å². The van der Waals surface area contributed by atoms with Crippen LogP contribution in [0.1, 0.15) is 59.1 Å². The molecule has 1 aliphatic carbocycles. The van der Waals surface area contributed by atoms with Crippen LogP contribution in [0, 0.1) is 5.92 Å². The average Bonchev–Trinajstić information content (AvgIpc) is 3.33. The van der Waals surface area contributed by atoms with Gasteiger partial charge in [-0.2, -0.15) is 0 Å². The molecule has 0 aromatic carbocycles. The third kappa shape index (κ3) is 3.82.